The number of alkyl halides is 9. The average Bonchev–Trinajstić information content (AvgIpc) is 3.05. The Morgan fingerprint density at radius 3 is 1.81 bits per heavy atom. The molecule has 1 fully saturated rings. The number of nitrogens with one attached hydrogen (secondary N) is 4. The summed E-state index contributed by atoms with van der Waals surface area (Å²) in [6.45, 7) is 2.02. The summed E-state index contributed by atoms with van der Waals surface area (Å²) >= 11 is 1.41. The number of carbonyl (C=O) groups is 4. The number of amides is 1. The zero-order valence-electron chi connectivity index (χ0n) is 27.7. The van der Waals surface area contributed by atoms with E-state index in [2.05, 4.69) is 30.9 Å². The lowest BCUT2D eigenvalue weighted by Crippen LogP contribution is -2.50. The second kappa shape index (κ2) is 20.0. The van der Waals surface area contributed by atoms with Gasteiger partial charge in [-0.1, -0.05) is 24.5 Å². The maximum atomic E-state index is 12.9. The fourth-order valence-corrected chi connectivity index (χ4v) is 4.70. The second-order valence-electron chi connectivity index (χ2n) is 10.5. The van der Waals surface area contributed by atoms with Crippen molar-refractivity contribution >= 4 is 64.2 Å². The van der Waals surface area contributed by atoms with Crippen LogP contribution in [0.15, 0.2) is 41.6 Å². The molecule has 54 heavy (non-hydrogen) atoms. The van der Waals surface area contributed by atoms with Crippen molar-refractivity contribution in [3.05, 3.63) is 47.7 Å². The zero-order chi connectivity index (χ0) is 41.6. The molecule has 1 amide bonds. The highest BCUT2D eigenvalue weighted by molar-refractivity contribution is 7.98. The van der Waals surface area contributed by atoms with E-state index in [1.807, 2.05) is 31.4 Å². The Hall–Kier alpha value is -5.62. The molecule has 9 N–H and O–H groups in total. The molecule has 1 aliphatic carbocycles. The van der Waals surface area contributed by atoms with Gasteiger partial charge in [0.25, 0.3) is 5.91 Å². The summed E-state index contributed by atoms with van der Waals surface area (Å²) in [5.74, 6) is -7.74. The lowest BCUT2D eigenvalue weighted by molar-refractivity contribution is -0.193. The summed E-state index contributed by atoms with van der Waals surface area (Å²) in [6, 6.07) is 9.49. The van der Waals surface area contributed by atoms with Crippen molar-refractivity contribution in [2.75, 3.05) is 16.9 Å². The summed E-state index contributed by atoms with van der Waals surface area (Å²) in [5, 5.41) is 40.0. The molecule has 4 rings (SSSR count). The molecule has 0 aliphatic heterocycles. The number of fused-ring (bicyclic) bond motifs is 1. The van der Waals surface area contributed by atoms with Gasteiger partial charge in [-0.15, -0.1) is 11.8 Å². The summed E-state index contributed by atoms with van der Waals surface area (Å²) < 4.78 is 95.2. The van der Waals surface area contributed by atoms with Crippen molar-refractivity contribution in [1.82, 2.24) is 20.3 Å². The topological polar surface area (TPSA) is 254 Å². The minimum Gasteiger partial charge on any atom is -0.475 e. The number of aryl methyl sites for hydroxylation is 1. The van der Waals surface area contributed by atoms with Crippen LogP contribution < -0.4 is 21.7 Å². The van der Waals surface area contributed by atoms with Gasteiger partial charge in [0.15, 0.2) is 5.96 Å². The lowest BCUT2D eigenvalue weighted by Gasteiger charge is -2.33. The molecule has 25 heteroatoms. The first-order chi connectivity index (χ1) is 24.8. The number of pyridine rings is 1. The Bertz CT molecular complexity index is 1740. The fourth-order valence-electron chi connectivity index (χ4n) is 4.16. The number of nitrogens with zero attached hydrogens (tertiary/aromatic N) is 3. The summed E-state index contributed by atoms with van der Waals surface area (Å²) in [4.78, 5) is 53.1. The number of halogens is 9. The molecule has 0 radical (unpaired) electrons. The van der Waals surface area contributed by atoms with E-state index in [4.69, 9.17) is 40.8 Å². The normalized spacial score (nSPS) is 15.4. The quantitative estimate of drug-likeness (QED) is 0.0671. The molecule has 1 aromatic carbocycles. The van der Waals surface area contributed by atoms with E-state index in [-0.39, 0.29) is 29.9 Å². The number of carboxylic acids is 3. The molecule has 2 atom stereocenters. The number of benzene rings is 1. The molecule has 0 saturated heterocycles. The molecule has 2 heterocycles. The number of carbonyl (C=O) groups excluding carboxylic acids is 1. The summed E-state index contributed by atoms with van der Waals surface area (Å²) in [6.07, 6.45) is -7.70. The van der Waals surface area contributed by atoms with Crippen LogP contribution in [0.4, 0.5) is 51.3 Å². The van der Waals surface area contributed by atoms with Crippen molar-refractivity contribution < 1.29 is 74.0 Å². The zero-order valence-corrected chi connectivity index (χ0v) is 28.5. The van der Waals surface area contributed by atoms with Crippen molar-refractivity contribution in [3.8, 4) is 0 Å². The van der Waals surface area contributed by atoms with Gasteiger partial charge >= 0.3 is 36.4 Å². The van der Waals surface area contributed by atoms with Crippen LogP contribution in [0, 0.1) is 12.3 Å². The molecule has 1 aliphatic rings. The van der Waals surface area contributed by atoms with E-state index < -0.39 is 36.4 Å². The van der Waals surface area contributed by atoms with Crippen LogP contribution in [0.3, 0.4) is 0 Å². The number of guanidine groups is 1. The Morgan fingerprint density at radius 1 is 0.852 bits per heavy atom. The average molecular weight is 807 g/mol. The molecular weight excluding hydrogens is 775 g/mol. The Kier molecular flexibility index (Phi) is 17.2. The standard InChI is InChI=1S/C23H28N8OS.3C2HF3O2/c1-13-9-10-16-15(12-13)19(27-17-7-3-4-8-18(17)28-22(24)25)30-23(29-16)31-20(32)14-6-5-11-26-21(14)33-2;3*3-2(4,5)1(6)7/h5-6,9-12,17-18H,3-4,7-8H2,1-2H3,(H4,24,25,28)(H2,27,29,30,31,32);3*(H,6,7). The summed E-state index contributed by atoms with van der Waals surface area (Å²) in [7, 11) is 0. The van der Waals surface area contributed by atoms with E-state index in [1.165, 1.54) is 11.8 Å². The van der Waals surface area contributed by atoms with E-state index >= 15 is 0 Å². The van der Waals surface area contributed by atoms with E-state index in [0.29, 0.717) is 16.4 Å². The van der Waals surface area contributed by atoms with Gasteiger partial charge in [0, 0.05) is 23.7 Å². The van der Waals surface area contributed by atoms with Crippen LogP contribution in [0.25, 0.3) is 10.9 Å². The highest BCUT2D eigenvalue weighted by Gasteiger charge is 2.39. The molecule has 0 bridgehead atoms. The molecule has 1 saturated carbocycles. The smallest absolute Gasteiger partial charge is 0.475 e. The van der Waals surface area contributed by atoms with Crippen LogP contribution in [0.1, 0.15) is 41.6 Å². The minimum atomic E-state index is -5.08. The summed E-state index contributed by atoms with van der Waals surface area (Å²) in [5.41, 5.74) is 7.91. The van der Waals surface area contributed by atoms with Crippen molar-refractivity contribution in [2.45, 2.75) is 68.2 Å². The Morgan fingerprint density at radius 2 is 1.35 bits per heavy atom. The predicted molar refractivity (Wildman–Crippen MR) is 174 cm³/mol. The van der Waals surface area contributed by atoms with Crippen LogP contribution in [-0.4, -0.2) is 96.9 Å². The third-order valence-corrected chi connectivity index (χ3v) is 7.15. The number of anilines is 2. The van der Waals surface area contributed by atoms with E-state index in [0.717, 1.165) is 42.1 Å². The van der Waals surface area contributed by atoms with Gasteiger partial charge in [-0.05, 0) is 50.3 Å². The maximum Gasteiger partial charge on any atom is 0.490 e. The lowest BCUT2D eigenvalue weighted by atomic mass is 9.90. The van der Waals surface area contributed by atoms with Gasteiger partial charge in [0.1, 0.15) is 10.8 Å². The number of carboxylic acid groups (broad SMARTS) is 3. The first-order valence-corrected chi connectivity index (χ1v) is 15.9. The van der Waals surface area contributed by atoms with Gasteiger partial charge in [-0.3, -0.25) is 15.5 Å². The highest BCUT2D eigenvalue weighted by Crippen LogP contribution is 2.28. The fraction of sp³-hybridized carbons (Fsp3) is 0.379. The molecule has 2 unspecified atom stereocenters. The minimum absolute atomic E-state index is 0.0312. The third kappa shape index (κ3) is 16.0. The van der Waals surface area contributed by atoms with Crippen molar-refractivity contribution in [3.63, 3.8) is 0 Å². The van der Waals surface area contributed by atoms with Crippen LogP contribution >= 0.6 is 11.8 Å². The Labute approximate surface area is 302 Å². The number of hydrogen-bond acceptors (Lipinski definition) is 10. The van der Waals surface area contributed by atoms with Crippen LogP contribution in [-0.2, 0) is 14.4 Å². The number of rotatable bonds is 6. The van der Waals surface area contributed by atoms with Crippen molar-refractivity contribution in [1.29, 1.82) is 5.41 Å². The molecule has 3 aromatic rings. The van der Waals surface area contributed by atoms with E-state index in [9.17, 15) is 44.3 Å². The largest absolute Gasteiger partial charge is 0.490 e. The molecule has 2 aromatic heterocycles. The second-order valence-corrected chi connectivity index (χ2v) is 11.3. The predicted octanol–water partition coefficient (Wildman–Crippen LogP) is 5.41. The third-order valence-electron chi connectivity index (χ3n) is 6.44. The first kappa shape index (κ1) is 46.4. The maximum absolute atomic E-state index is 12.9. The molecule has 15 nitrogen and oxygen atoms in total. The molecular formula is C29H31F9N8O7S. The van der Waals surface area contributed by atoms with Gasteiger partial charge in [0.2, 0.25) is 5.95 Å². The molecule has 298 valence electrons. The highest BCUT2D eigenvalue weighted by atomic mass is 32.2. The SMILES string of the molecule is CSc1ncccc1C(=O)Nc1nc(NC2CCCCC2NC(=N)N)c2cc(C)ccc2n1.O=C(O)C(F)(F)F.O=C(O)C(F)(F)F.O=C(O)C(F)(F)F. The van der Waals surface area contributed by atoms with Crippen molar-refractivity contribution in [2.24, 2.45) is 5.73 Å². The van der Waals surface area contributed by atoms with Gasteiger partial charge in [0.05, 0.1) is 11.1 Å². The van der Waals surface area contributed by atoms with E-state index in [1.54, 1.807) is 18.3 Å². The van der Waals surface area contributed by atoms with Crippen LogP contribution in [0.5, 0.6) is 0 Å². The number of hydrogen-bond donors (Lipinski definition) is 8. The van der Waals surface area contributed by atoms with Gasteiger partial charge < -0.3 is 31.7 Å². The number of aromatic nitrogens is 3. The number of thioether (sulfide) groups is 1. The number of aliphatic carboxylic acids is 3. The monoisotopic (exact) mass is 806 g/mol. The van der Waals surface area contributed by atoms with Crippen LogP contribution in [0.2, 0.25) is 0 Å². The van der Waals surface area contributed by atoms with Gasteiger partial charge in [-0.25, -0.2) is 24.4 Å². The Balaban J connectivity index is 0.000000566. The molecule has 0 spiro atoms. The van der Waals surface area contributed by atoms with Gasteiger partial charge in [-0.2, -0.15) is 44.5 Å². The number of nitrogens with two attached hydrogens (primary N) is 1. The first-order valence-electron chi connectivity index (χ1n) is 14.6.